The van der Waals surface area contributed by atoms with E-state index in [9.17, 15) is 9.18 Å². The minimum atomic E-state index is -0.304. The predicted octanol–water partition coefficient (Wildman–Crippen LogP) is 2.93. The molecule has 0 bridgehead atoms. The molecule has 0 radical (unpaired) electrons. The van der Waals surface area contributed by atoms with E-state index in [4.69, 9.17) is 0 Å². The Kier molecular flexibility index (Phi) is 4.06. The zero-order valence-electron chi connectivity index (χ0n) is 14.5. The zero-order chi connectivity index (χ0) is 18.1. The summed E-state index contributed by atoms with van der Waals surface area (Å²) in [5.41, 5.74) is 1.90. The largest absolute Gasteiger partial charge is 0.350 e. The summed E-state index contributed by atoms with van der Waals surface area (Å²) in [6, 6.07) is 7.92. The van der Waals surface area contributed by atoms with E-state index in [1.165, 1.54) is 12.1 Å². The Labute approximate surface area is 150 Å². The smallest absolute Gasteiger partial charge is 0.271 e. The fourth-order valence-corrected chi connectivity index (χ4v) is 3.08. The Hall–Kier alpha value is -2.96. The van der Waals surface area contributed by atoms with Crippen LogP contribution in [-0.4, -0.2) is 32.2 Å². The maximum Gasteiger partial charge on any atom is 0.271 e. The fraction of sp³-hybridized carbons (Fsp3) is 0.316. The molecule has 1 amide bonds. The lowest BCUT2D eigenvalue weighted by atomic mass is 10.1. The number of rotatable bonds is 6. The van der Waals surface area contributed by atoms with Crippen molar-refractivity contribution in [3.63, 3.8) is 0 Å². The van der Waals surface area contributed by atoms with Crippen LogP contribution in [0.1, 0.15) is 29.0 Å². The zero-order valence-corrected chi connectivity index (χ0v) is 14.5. The van der Waals surface area contributed by atoms with Gasteiger partial charge >= 0.3 is 0 Å². The molecule has 6 nitrogen and oxygen atoms in total. The first-order valence-electron chi connectivity index (χ1n) is 8.63. The van der Waals surface area contributed by atoms with Crippen molar-refractivity contribution in [2.75, 3.05) is 6.54 Å². The molecule has 1 aromatic carbocycles. The van der Waals surface area contributed by atoms with Crippen LogP contribution in [0, 0.1) is 18.2 Å². The second-order valence-corrected chi connectivity index (χ2v) is 6.95. The molecule has 2 heterocycles. The number of carbonyl (C=O) groups excluding carboxylic acids is 1. The number of hydrogen-bond donors (Lipinski definition) is 2. The first kappa shape index (κ1) is 16.5. The number of carbonyl (C=O) groups is 1. The average molecular weight is 353 g/mol. The molecule has 0 aliphatic heterocycles. The van der Waals surface area contributed by atoms with E-state index < -0.39 is 0 Å². The van der Waals surface area contributed by atoms with Crippen LogP contribution in [0.4, 0.5) is 4.39 Å². The van der Waals surface area contributed by atoms with Crippen molar-refractivity contribution in [1.82, 2.24) is 25.1 Å². The molecule has 1 aliphatic carbocycles. The van der Waals surface area contributed by atoms with Gasteiger partial charge in [-0.25, -0.2) is 9.37 Å². The summed E-state index contributed by atoms with van der Waals surface area (Å²) in [6.07, 6.45) is 5.86. The summed E-state index contributed by atoms with van der Waals surface area (Å²) in [7, 11) is 0. The van der Waals surface area contributed by atoms with E-state index in [1.54, 1.807) is 18.3 Å². The highest BCUT2D eigenvalue weighted by molar-refractivity contribution is 5.94. The number of nitrogens with one attached hydrogen (secondary N) is 2. The number of imidazole rings is 1. The molecule has 2 aromatic heterocycles. The van der Waals surface area contributed by atoms with Crippen LogP contribution < -0.4 is 5.32 Å². The van der Waals surface area contributed by atoms with Gasteiger partial charge in [0.25, 0.3) is 5.91 Å². The Morgan fingerprint density at radius 2 is 2.12 bits per heavy atom. The van der Waals surface area contributed by atoms with Crippen LogP contribution in [0.5, 0.6) is 0 Å². The van der Waals surface area contributed by atoms with Crippen molar-refractivity contribution in [2.24, 2.45) is 5.41 Å². The third-order valence-corrected chi connectivity index (χ3v) is 4.86. The molecule has 2 N–H and O–H groups in total. The lowest BCUT2D eigenvalue weighted by Crippen LogP contribution is -2.33. The highest BCUT2D eigenvalue weighted by Crippen LogP contribution is 2.46. The van der Waals surface area contributed by atoms with Gasteiger partial charge in [0.05, 0.1) is 0 Å². The lowest BCUT2D eigenvalue weighted by molar-refractivity contribution is 0.0937. The second kappa shape index (κ2) is 6.40. The number of aromatic nitrogens is 4. The van der Waals surface area contributed by atoms with Crippen molar-refractivity contribution in [3.8, 4) is 11.4 Å². The number of amides is 1. The molecule has 1 fully saturated rings. The quantitative estimate of drug-likeness (QED) is 0.715. The standard InChI is InChI=1S/C19H20FN5O/c1-13-16(24-17(23-13)14-3-5-15(20)6-4-14)18(26)21-11-19(7-8-19)12-25-10-2-9-22-25/h2-6,9-10H,7-8,11-12H2,1H3,(H,21,26)(H,23,24). The molecule has 0 atom stereocenters. The fourth-order valence-electron chi connectivity index (χ4n) is 3.08. The Balaban J connectivity index is 1.43. The van der Waals surface area contributed by atoms with E-state index in [1.807, 2.05) is 23.9 Å². The Morgan fingerprint density at radius 3 is 2.77 bits per heavy atom. The number of halogens is 1. The van der Waals surface area contributed by atoms with Crippen molar-refractivity contribution in [3.05, 3.63) is 59.9 Å². The van der Waals surface area contributed by atoms with Crippen LogP contribution in [0.2, 0.25) is 0 Å². The summed E-state index contributed by atoms with van der Waals surface area (Å²) in [5, 5.41) is 7.25. The highest BCUT2D eigenvalue weighted by atomic mass is 19.1. The van der Waals surface area contributed by atoms with E-state index >= 15 is 0 Å². The van der Waals surface area contributed by atoms with E-state index in [2.05, 4.69) is 20.4 Å². The third-order valence-electron chi connectivity index (χ3n) is 4.86. The van der Waals surface area contributed by atoms with Gasteiger partial charge in [-0.2, -0.15) is 5.10 Å². The molecule has 26 heavy (non-hydrogen) atoms. The topological polar surface area (TPSA) is 75.6 Å². The van der Waals surface area contributed by atoms with Gasteiger partial charge in [0.2, 0.25) is 0 Å². The van der Waals surface area contributed by atoms with Crippen LogP contribution >= 0.6 is 0 Å². The number of H-pyrrole nitrogens is 1. The summed E-state index contributed by atoms with van der Waals surface area (Å²) in [4.78, 5) is 20.1. The van der Waals surface area contributed by atoms with Gasteiger partial charge in [0, 0.05) is 42.2 Å². The number of nitrogens with zero attached hydrogens (tertiary/aromatic N) is 3. The number of hydrogen-bond acceptors (Lipinski definition) is 3. The molecular weight excluding hydrogens is 333 g/mol. The summed E-state index contributed by atoms with van der Waals surface area (Å²) in [6.45, 7) is 3.22. The highest BCUT2D eigenvalue weighted by Gasteiger charge is 2.43. The van der Waals surface area contributed by atoms with Gasteiger partial charge in [-0.05, 0) is 50.1 Å². The van der Waals surface area contributed by atoms with Crippen molar-refractivity contribution >= 4 is 5.91 Å². The van der Waals surface area contributed by atoms with E-state index in [-0.39, 0.29) is 17.1 Å². The number of aryl methyl sites for hydroxylation is 1. The second-order valence-electron chi connectivity index (χ2n) is 6.95. The van der Waals surface area contributed by atoms with Crippen LogP contribution in [0.3, 0.4) is 0 Å². The summed E-state index contributed by atoms with van der Waals surface area (Å²) < 4.78 is 15.0. The first-order chi connectivity index (χ1) is 12.5. The number of benzene rings is 1. The minimum absolute atomic E-state index is 0.0890. The van der Waals surface area contributed by atoms with E-state index in [0.717, 1.165) is 24.9 Å². The Bertz CT molecular complexity index is 910. The van der Waals surface area contributed by atoms with Gasteiger partial charge in [0.15, 0.2) is 0 Å². The molecule has 1 aliphatic rings. The SMILES string of the molecule is Cc1[nH]c(-c2ccc(F)cc2)nc1C(=O)NCC1(Cn2cccn2)CC1. The van der Waals surface area contributed by atoms with Gasteiger partial charge in [-0.15, -0.1) is 0 Å². The Morgan fingerprint density at radius 1 is 1.35 bits per heavy atom. The number of aromatic amines is 1. The normalized spacial score (nSPS) is 15.0. The van der Waals surface area contributed by atoms with Crippen molar-refractivity contribution in [1.29, 1.82) is 0 Å². The van der Waals surface area contributed by atoms with Gasteiger partial charge in [0.1, 0.15) is 17.3 Å². The predicted molar refractivity (Wildman–Crippen MR) is 94.9 cm³/mol. The summed E-state index contributed by atoms with van der Waals surface area (Å²) in [5.74, 6) is 0.0612. The molecule has 7 heteroatoms. The summed E-state index contributed by atoms with van der Waals surface area (Å²) >= 11 is 0. The molecule has 134 valence electrons. The average Bonchev–Trinajstić information content (AvgIpc) is 3.01. The van der Waals surface area contributed by atoms with Crippen LogP contribution in [0.25, 0.3) is 11.4 Å². The minimum Gasteiger partial charge on any atom is -0.350 e. The maximum absolute atomic E-state index is 13.1. The third kappa shape index (κ3) is 3.37. The van der Waals surface area contributed by atoms with Gasteiger partial charge in [-0.1, -0.05) is 0 Å². The molecular formula is C19H20FN5O. The molecule has 0 unspecified atom stereocenters. The van der Waals surface area contributed by atoms with Crippen LogP contribution in [0.15, 0.2) is 42.7 Å². The lowest BCUT2D eigenvalue weighted by Gasteiger charge is -2.15. The molecule has 4 rings (SSSR count). The van der Waals surface area contributed by atoms with Crippen molar-refractivity contribution in [2.45, 2.75) is 26.3 Å². The molecule has 0 spiro atoms. The maximum atomic E-state index is 13.1. The molecule has 1 saturated carbocycles. The van der Waals surface area contributed by atoms with E-state index in [0.29, 0.717) is 23.8 Å². The molecule has 0 saturated heterocycles. The molecule has 3 aromatic rings. The monoisotopic (exact) mass is 353 g/mol. The van der Waals surface area contributed by atoms with Crippen LogP contribution in [-0.2, 0) is 6.54 Å². The van der Waals surface area contributed by atoms with Crippen molar-refractivity contribution < 1.29 is 9.18 Å². The van der Waals surface area contributed by atoms with Gasteiger partial charge < -0.3 is 10.3 Å². The van der Waals surface area contributed by atoms with Gasteiger partial charge in [-0.3, -0.25) is 9.48 Å². The first-order valence-corrected chi connectivity index (χ1v) is 8.63.